The van der Waals surface area contributed by atoms with Gasteiger partial charge in [-0.2, -0.15) is 0 Å². The summed E-state index contributed by atoms with van der Waals surface area (Å²) >= 11 is 0. The normalized spacial score (nSPS) is 11.3. The Morgan fingerprint density at radius 3 is 2.75 bits per heavy atom. The topological polar surface area (TPSA) is 42.1 Å². The lowest BCUT2D eigenvalue weighted by Gasteiger charge is -2.20. The Morgan fingerprint density at radius 1 is 1.38 bits per heavy atom. The molecule has 0 radical (unpaired) electrons. The van der Waals surface area contributed by atoms with Crippen LogP contribution in [0.25, 0.3) is 0 Å². The molecule has 1 aromatic rings. The molecule has 1 heterocycles. The number of nitrogens with zero attached hydrogens (tertiary/aromatic N) is 2. The van der Waals surface area contributed by atoms with Gasteiger partial charge in [0, 0.05) is 32.0 Å². The Kier molecular flexibility index (Phi) is 5.88. The van der Waals surface area contributed by atoms with Gasteiger partial charge in [0.25, 0.3) is 6.43 Å². The minimum atomic E-state index is -2.31. The standard InChI is InChI=1S/C11H17F2N3/c12-11(13)9-16(7-4-14)6-3-10-2-1-5-15-8-10/h1-2,5,8,11H,3-4,6-7,9,14H2. The summed E-state index contributed by atoms with van der Waals surface area (Å²) in [4.78, 5) is 5.66. The van der Waals surface area contributed by atoms with Crippen LogP contribution in [0.15, 0.2) is 24.5 Å². The molecule has 0 saturated heterocycles. The number of hydrogen-bond acceptors (Lipinski definition) is 3. The van der Waals surface area contributed by atoms with Crippen LogP contribution in [0, 0.1) is 0 Å². The molecular formula is C11H17F2N3. The number of aromatic nitrogens is 1. The number of rotatable bonds is 7. The largest absolute Gasteiger partial charge is 0.329 e. The van der Waals surface area contributed by atoms with Crippen molar-refractivity contribution >= 4 is 0 Å². The second-order valence-electron chi connectivity index (χ2n) is 3.59. The Balaban J connectivity index is 2.37. The molecule has 0 aliphatic rings. The summed E-state index contributed by atoms with van der Waals surface area (Å²) in [5.41, 5.74) is 6.43. The van der Waals surface area contributed by atoms with Crippen LogP contribution in [0.5, 0.6) is 0 Å². The van der Waals surface area contributed by atoms with Crippen molar-refractivity contribution in [2.45, 2.75) is 12.8 Å². The van der Waals surface area contributed by atoms with E-state index in [1.807, 2.05) is 12.1 Å². The molecule has 1 aromatic heterocycles. The molecule has 0 fully saturated rings. The Morgan fingerprint density at radius 2 is 2.19 bits per heavy atom. The lowest BCUT2D eigenvalue weighted by Crippen LogP contribution is -2.35. The third kappa shape index (κ3) is 5.14. The van der Waals surface area contributed by atoms with Crippen LogP contribution < -0.4 is 5.73 Å². The van der Waals surface area contributed by atoms with Crippen molar-refractivity contribution in [1.82, 2.24) is 9.88 Å². The van der Waals surface area contributed by atoms with Crippen molar-refractivity contribution in [1.29, 1.82) is 0 Å². The number of nitrogens with two attached hydrogens (primary N) is 1. The van der Waals surface area contributed by atoms with E-state index in [0.29, 0.717) is 19.6 Å². The van der Waals surface area contributed by atoms with Crippen molar-refractivity contribution in [2.75, 3.05) is 26.2 Å². The van der Waals surface area contributed by atoms with Gasteiger partial charge in [0.05, 0.1) is 6.54 Å². The minimum Gasteiger partial charge on any atom is -0.329 e. The van der Waals surface area contributed by atoms with Gasteiger partial charge in [0.2, 0.25) is 0 Å². The van der Waals surface area contributed by atoms with Crippen molar-refractivity contribution < 1.29 is 8.78 Å². The molecule has 5 heteroatoms. The van der Waals surface area contributed by atoms with Gasteiger partial charge < -0.3 is 5.73 Å². The first-order valence-corrected chi connectivity index (χ1v) is 5.32. The van der Waals surface area contributed by atoms with Crippen LogP contribution in [0.2, 0.25) is 0 Å². The molecule has 0 aliphatic carbocycles. The number of halogens is 2. The van der Waals surface area contributed by atoms with Crippen molar-refractivity contribution in [2.24, 2.45) is 5.73 Å². The van der Waals surface area contributed by atoms with E-state index in [1.54, 1.807) is 17.3 Å². The molecule has 3 nitrogen and oxygen atoms in total. The van der Waals surface area contributed by atoms with Gasteiger partial charge >= 0.3 is 0 Å². The number of hydrogen-bond donors (Lipinski definition) is 1. The highest BCUT2D eigenvalue weighted by Crippen LogP contribution is 2.02. The highest BCUT2D eigenvalue weighted by atomic mass is 19.3. The monoisotopic (exact) mass is 229 g/mol. The van der Waals surface area contributed by atoms with Gasteiger partial charge in [0.1, 0.15) is 0 Å². The van der Waals surface area contributed by atoms with Crippen molar-refractivity contribution in [3.05, 3.63) is 30.1 Å². The van der Waals surface area contributed by atoms with Crippen molar-refractivity contribution in [3.63, 3.8) is 0 Å². The SMILES string of the molecule is NCCN(CCc1cccnc1)CC(F)F. The first-order valence-electron chi connectivity index (χ1n) is 5.32. The average molecular weight is 229 g/mol. The van der Waals surface area contributed by atoms with Gasteiger partial charge in [-0.05, 0) is 18.1 Å². The van der Waals surface area contributed by atoms with Gasteiger partial charge in [-0.3, -0.25) is 9.88 Å². The van der Waals surface area contributed by atoms with Crippen LogP contribution in [0.3, 0.4) is 0 Å². The van der Waals surface area contributed by atoms with E-state index in [1.165, 1.54) is 0 Å². The maximum Gasteiger partial charge on any atom is 0.251 e. The molecule has 1 rings (SSSR count). The van der Waals surface area contributed by atoms with Crippen molar-refractivity contribution in [3.8, 4) is 0 Å². The van der Waals surface area contributed by atoms with E-state index in [-0.39, 0.29) is 6.54 Å². The van der Waals surface area contributed by atoms with Crippen LogP contribution in [0.1, 0.15) is 5.56 Å². The number of alkyl halides is 2. The van der Waals surface area contributed by atoms with Crippen LogP contribution in [-0.2, 0) is 6.42 Å². The zero-order chi connectivity index (χ0) is 11.8. The Hall–Kier alpha value is -1.07. The predicted octanol–water partition coefficient (Wildman–Crippen LogP) is 1.15. The summed E-state index contributed by atoms with van der Waals surface area (Å²) < 4.78 is 24.5. The summed E-state index contributed by atoms with van der Waals surface area (Å²) in [6, 6.07) is 3.78. The third-order valence-electron chi connectivity index (χ3n) is 2.28. The first kappa shape index (κ1) is 13.0. The quantitative estimate of drug-likeness (QED) is 0.762. The molecule has 16 heavy (non-hydrogen) atoms. The fourth-order valence-electron chi connectivity index (χ4n) is 1.51. The molecule has 0 saturated carbocycles. The van der Waals surface area contributed by atoms with E-state index in [2.05, 4.69) is 4.98 Å². The third-order valence-corrected chi connectivity index (χ3v) is 2.28. The van der Waals surface area contributed by atoms with E-state index >= 15 is 0 Å². The smallest absolute Gasteiger partial charge is 0.251 e. The second kappa shape index (κ2) is 7.24. The molecule has 0 unspecified atom stereocenters. The molecule has 2 N–H and O–H groups in total. The van der Waals surface area contributed by atoms with Gasteiger partial charge in [-0.15, -0.1) is 0 Å². The molecule has 0 aromatic carbocycles. The van der Waals surface area contributed by atoms with E-state index in [4.69, 9.17) is 5.73 Å². The highest BCUT2D eigenvalue weighted by Gasteiger charge is 2.10. The molecular weight excluding hydrogens is 212 g/mol. The average Bonchev–Trinajstić information content (AvgIpc) is 2.27. The lowest BCUT2D eigenvalue weighted by atomic mass is 10.2. The van der Waals surface area contributed by atoms with Gasteiger partial charge in [-0.1, -0.05) is 6.07 Å². The highest BCUT2D eigenvalue weighted by molar-refractivity contribution is 5.08. The maximum absolute atomic E-state index is 12.2. The summed E-state index contributed by atoms with van der Waals surface area (Å²) in [5.74, 6) is 0. The molecule has 90 valence electrons. The summed E-state index contributed by atoms with van der Waals surface area (Å²) in [6.45, 7) is 1.29. The van der Waals surface area contributed by atoms with E-state index in [9.17, 15) is 8.78 Å². The van der Waals surface area contributed by atoms with Gasteiger partial charge in [0.15, 0.2) is 0 Å². The maximum atomic E-state index is 12.2. The molecule has 0 bridgehead atoms. The van der Waals surface area contributed by atoms with Crippen LogP contribution in [-0.4, -0.2) is 42.5 Å². The molecule has 0 amide bonds. The second-order valence-corrected chi connectivity index (χ2v) is 3.59. The first-order chi connectivity index (χ1) is 7.72. The predicted molar refractivity (Wildman–Crippen MR) is 59.4 cm³/mol. The van der Waals surface area contributed by atoms with Gasteiger partial charge in [-0.25, -0.2) is 8.78 Å². The minimum absolute atomic E-state index is 0.211. The molecule has 0 spiro atoms. The molecule has 0 aliphatic heterocycles. The fraction of sp³-hybridized carbons (Fsp3) is 0.545. The van der Waals surface area contributed by atoms with E-state index < -0.39 is 6.43 Å². The van der Waals surface area contributed by atoms with E-state index in [0.717, 1.165) is 12.0 Å². The Labute approximate surface area is 94.3 Å². The lowest BCUT2D eigenvalue weighted by molar-refractivity contribution is 0.0901. The molecule has 0 atom stereocenters. The summed E-state index contributed by atoms with van der Waals surface area (Å²) in [5, 5.41) is 0. The van der Waals surface area contributed by atoms with Crippen LogP contribution in [0.4, 0.5) is 8.78 Å². The summed E-state index contributed by atoms with van der Waals surface area (Å²) in [6.07, 6.45) is 1.87. The zero-order valence-corrected chi connectivity index (χ0v) is 9.15. The Bertz CT molecular complexity index is 280. The summed E-state index contributed by atoms with van der Waals surface area (Å²) in [7, 11) is 0. The fourth-order valence-corrected chi connectivity index (χ4v) is 1.51. The number of pyridine rings is 1. The zero-order valence-electron chi connectivity index (χ0n) is 9.15. The van der Waals surface area contributed by atoms with Crippen LogP contribution >= 0.6 is 0 Å².